The monoisotopic (exact) mass is 390 g/mol. The first-order valence-electron chi connectivity index (χ1n) is 7.88. The lowest BCUT2D eigenvalue weighted by atomic mass is 10.2. The first-order chi connectivity index (χ1) is 12.6. The minimum Gasteiger partial charge on any atom is -0.493 e. The minimum absolute atomic E-state index is 0.226. The fourth-order valence-electron chi connectivity index (χ4n) is 2.29. The van der Waals surface area contributed by atoms with Crippen LogP contribution in [0.5, 0.6) is 11.5 Å². The highest BCUT2D eigenvalue weighted by Crippen LogP contribution is 2.31. The fourth-order valence-corrected chi connectivity index (χ4v) is 2.61. The van der Waals surface area contributed by atoms with Gasteiger partial charge < -0.3 is 13.9 Å². The predicted octanol–water partition coefficient (Wildman–Crippen LogP) is 5.53. The van der Waals surface area contributed by atoms with Crippen LogP contribution < -0.4 is 9.47 Å². The summed E-state index contributed by atoms with van der Waals surface area (Å²) in [5.41, 5.74) is 1.59. The summed E-state index contributed by atoms with van der Waals surface area (Å²) in [4.78, 5) is 0. The average Bonchev–Trinajstić information content (AvgIpc) is 3.14. The van der Waals surface area contributed by atoms with Crippen LogP contribution in [0.3, 0.4) is 0 Å². The van der Waals surface area contributed by atoms with E-state index < -0.39 is 0 Å². The highest BCUT2D eigenvalue weighted by molar-refractivity contribution is 6.50. The SMILES string of the molecule is CCOc1ccc(/C=C(\Cl)c2nnc(-c3ccc(Cl)cc3)o2)cc1OC. The van der Waals surface area contributed by atoms with Gasteiger partial charge in [0.25, 0.3) is 5.89 Å². The van der Waals surface area contributed by atoms with Gasteiger partial charge >= 0.3 is 0 Å². The smallest absolute Gasteiger partial charge is 0.259 e. The van der Waals surface area contributed by atoms with Crippen LogP contribution in [0.2, 0.25) is 5.02 Å². The Balaban J connectivity index is 1.85. The molecule has 1 aromatic heterocycles. The van der Waals surface area contributed by atoms with Crippen molar-refractivity contribution in [2.75, 3.05) is 13.7 Å². The van der Waals surface area contributed by atoms with Crippen molar-refractivity contribution >= 4 is 34.3 Å². The largest absolute Gasteiger partial charge is 0.493 e. The summed E-state index contributed by atoms with van der Waals surface area (Å²) in [6, 6.07) is 12.6. The number of nitrogens with zero attached hydrogens (tertiary/aromatic N) is 2. The molecule has 3 rings (SSSR count). The maximum absolute atomic E-state index is 6.33. The third-order valence-corrected chi connectivity index (χ3v) is 4.02. The highest BCUT2D eigenvalue weighted by Gasteiger charge is 2.12. The van der Waals surface area contributed by atoms with Crippen molar-refractivity contribution < 1.29 is 13.9 Å². The molecule has 0 bridgehead atoms. The summed E-state index contributed by atoms with van der Waals surface area (Å²) >= 11 is 12.2. The molecule has 0 atom stereocenters. The van der Waals surface area contributed by atoms with E-state index >= 15 is 0 Å². The third-order valence-electron chi connectivity index (χ3n) is 3.50. The molecule has 3 aromatic rings. The summed E-state index contributed by atoms with van der Waals surface area (Å²) in [5.74, 6) is 1.89. The van der Waals surface area contributed by atoms with E-state index in [9.17, 15) is 0 Å². The zero-order chi connectivity index (χ0) is 18.5. The highest BCUT2D eigenvalue weighted by atomic mass is 35.5. The summed E-state index contributed by atoms with van der Waals surface area (Å²) < 4.78 is 16.5. The van der Waals surface area contributed by atoms with Crippen LogP contribution in [0, 0.1) is 0 Å². The topological polar surface area (TPSA) is 57.4 Å². The molecule has 0 saturated heterocycles. The molecule has 0 aliphatic carbocycles. The normalized spacial score (nSPS) is 11.5. The van der Waals surface area contributed by atoms with Crippen LogP contribution in [-0.4, -0.2) is 23.9 Å². The molecule has 0 N–H and O–H groups in total. The van der Waals surface area contributed by atoms with Crippen LogP contribution in [0.15, 0.2) is 46.9 Å². The molecule has 2 aromatic carbocycles. The van der Waals surface area contributed by atoms with Gasteiger partial charge in [-0.25, -0.2) is 0 Å². The molecule has 0 radical (unpaired) electrons. The number of rotatable bonds is 6. The van der Waals surface area contributed by atoms with Gasteiger partial charge in [0.15, 0.2) is 11.5 Å². The first kappa shape index (κ1) is 18.3. The van der Waals surface area contributed by atoms with E-state index in [2.05, 4.69) is 10.2 Å². The molecule has 134 valence electrons. The lowest BCUT2D eigenvalue weighted by molar-refractivity contribution is 0.311. The minimum atomic E-state index is 0.226. The number of ether oxygens (including phenoxy) is 2. The Morgan fingerprint density at radius 2 is 1.88 bits per heavy atom. The van der Waals surface area contributed by atoms with Gasteiger partial charge in [0.1, 0.15) is 5.03 Å². The van der Waals surface area contributed by atoms with Crippen LogP contribution in [0.25, 0.3) is 22.6 Å². The van der Waals surface area contributed by atoms with Gasteiger partial charge in [0.2, 0.25) is 5.89 Å². The Hall–Kier alpha value is -2.50. The van der Waals surface area contributed by atoms with Crippen LogP contribution >= 0.6 is 23.2 Å². The van der Waals surface area contributed by atoms with E-state index in [4.69, 9.17) is 37.1 Å². The summed E-state index contributed by atoms with van der Waals surface area (Å²) in [6.45, 7) is 2.47. The number of methoxy groups -OCH3 is 1. The zero-order valence-electron chi connectivity index (χ0n) is 14.2. The van der Waals surface area contributed by atoms with E-state index in [1.54, 1.807) is 37.5 Å². The van der Waals surface area contributed by atoms with Crippen LogP contribution in [0.1, 0.15) is 18.4 Å². The van der Waals surface area contributed by atoms with Gasteiger partial charge in [0, 0.05) is 10.6 Å². The van der Waals surface area contributed by atoms with E-state index in [0.717, 1.165) is 11.1 Å². The van der Waals surface area contributed by atoms with E-state index in [1.807, 2.05) is 25.1 Å². The van der Waals surface area contributed by atoms with Crippen molar-refractivity contribution in [1.82, 2.24) is 10.2 Å². The summed E-state index contributed by atoms with van der Waals surface area (Å²) in [7, 11) is 1.59. The Labute approximate surface area is 161 Å². The van der Waals surface area contributed by atoms with Crippen molar-refractivity contribution in [3.63, 3.8) is 0 Å². The average molecular weight is 391 g/mol. The molecular weight excluding hydrogens is 375 g/mol. The number of benzene rings is 2. The van der Waals surface area contributed by atoms with Crippen molar-refractivity contribution in [2.24, 2.45) is 0 Å². The van der Waals surface area contributed by atoms with Gasteiger partial charge in [-0.05, 0) is 55.0 Å². The van der Waals surface area contributed by atoms with E-state index in [-0.39, 0.29) is 5.89 Å². The Bertz CT molecular complexity index is 921. The van der Waals surface area contributed by atoms with Crippen LogP contribution in [-0.2, 0) is 0 Å². The van der Waals surface area contributed by atoms with Crippen LogP contribution in [0.4, 0.5) is 0 Å². The molecule has 0 fully saturated rings. The molecule has 0 amide bonds. The number of aromatic nitrogens is 2. The lowest BCUT2D eigenvalue weighted by Gasteiger charge is -2.09. The number of hydrogen-bond acceptors (Lipinski definition) is 5. The molecule has 26 heavy (non-hydrogen) atoms. The lowest BCUT2D eigenvalue weighted by Crippen LogP contribution is -1.95. The van der Waals surface area contributed by atoms with Gasteiger partial charge in [-0.1, -0.05) is 29.3 Å². The molecule has 0 unspecified atom stereocenters. The molecular formula is C19H16Cl2N2O3. The Kier molecular flexibility index (Phi) is 5.81. The van der Waals surface area contributed by atoms with Crippen molar-refractivity contribution in [1.29, 1.82) is 0 Å². The maximum Gasteiger partial charge on any atom is 0.259 e. The van der Waals surface area contributed by atoms with Gasteiger partial charge in [-0.2, -0.15) is 0 Å². The molecule has 0 spiro atoms. The Morgan fingerprint density at radius 3 is 2.58 bits per heavy atom. The molecule has 0 saturated carbocycles. The predicted molar refractivity (Wildman–Crippen MR) is 103 cm³/mol. The maximum atomic E-state index is 6.33. The van der Waals surface area contributed by atoms with E-state index in [1.165, 1.54) is 0 Å². The summed E-state index contributed by atoms with van der Waals surface area (Å²) in [5, 5.41) is 8.97. The third kappa shape index (κ3) is 4.18. The first-order valence-corrected chi connectivity index (χ1v) is 8.64. The van der Waals surface area contributed by atoms with Crippen molar-refractivity contribution in [3.05, 3.63) is 58.9 Å². The molecule has 0 aliphatic rings. The Morgan fingerprint density at radius 1 is 1.12 bits per heavy atom. The molecule has 0 aliphatic heterocycles. The van der Waals surface area contributed by atoms with Gasteiger partial charge in [-0.15, -0.1) is 10.2 Å². The van der Waals surface area contributed by atoms with Crippen molar-refractivity contribution in [3.8, 4) is 23.0 Å². The second-order valence-electron chi connectivity index (χ2n) is 5.25. The molecule has 7 heteroatoms. The molecule has 5 nitrogen and oxygen atoms in total. The van der Waals surface area contributed by atoms with Gasteiger partial charge in [0.05, 0.1) is 13.7 Å². The quantitative estimate of drug-likeness (QED) is 0.553. The molecule has 1 heterocycles. The van der Waals surface area contributed by atoms with Gasteiger partial charge in [-0.3, -0.25) is 0 Å². The summed E-state index contributed by atoms with van der Waals surface area (Å²) in [6.07, 6.45) is 1.72. The second kappa shape index (κ2) is 8.25. The van der Waals surface area contributed by atoms with E-state index in [0.29, 0.717) is 34.1 Å². The fraction of sp³-hybridized carbons (Fsp3) is 0.158. The standard InChI is InChI=1S/C19H16Cl2N2O3/c1-3-25-16-9-4-12(11-17(16)24-2)10-15(21)19-23-22-18(26-19)13-5-7-14(20)8-6-13/h4-11H,3H2,1-2H3/b15-10-. The van der Waals surface area contributed by atoms with Crippen molar-refractivity contribution in [2.45, 2.75) is 6.92 Å². The number of hydrogen-bond donors (Lipinski definition) is 0. The number of halogens is 2. The zero-order valence-corrected chi connectivity index (χ0v) is 15.7. The second-order valence-corrected chi connectivity index (χ2v) is 6.10.